The van der Waals surface area contributed by atoms with Crippen LogP contribution < -0.4 is 4.90 Å². The average Bonchev–Trinajstić information content (AvgIpc) is 2.82. The summed E-state index contributed by atoms with van der Waals surface area (Å²) in [7, 11) is 0. The summed E-state index contributed by atoms with van der Waals surface area (Å²) < 4.78 is 13.7. The highest BCUT2D eigenvalue weighted by Gasteiger charge is 2.29. The van der Waals surface area contributed by atoms with E-state index in [4.69, 9.17) is 0 Å². The summed E-state index contributed by atoms with van der Waals surface area (Å²) in [6.45, 7) is 3.88. The van der Waals surface area contributed by atoms with Crippen molar-refractivity contribution in [2.45, 2.75) is 33.2 Å². The number of ketones is 1. The van der Waals surface area contributed by atoms with Crippen LogP contribution in [0.2, 0.25) is 0 Å². The molecular weight excluding hydrogens is 301 g/mol. The Morgan fingerprint density at radius 1 is 1.18 bits per heavy atom. The van der Waals surface area contributed by atoms with Crippen LogP contribution in [0.3, 0.4) is 0 Å². The van der Waals surface area contributed by atoms with Crippen molar-refractivity contribution in [2.24, 2.45) is 0 Å². The van der Waals surface area contributed by atoms with Gasteiger partial charge in [-0.1, -0.05) is 12.1 Å². The standard InChI is InChI=1S/C17H16FNO2S/c1-10-3-4-12(7-13(10)18)8-19-15(21)6-5-14(20)17-16(19)11(2)9-22-17/h3-4,7,9H,5-6,8H2,1-2H3. The Labute approximate surface area is 132 Å². The van der Waals surface area contributed by atoms with Crippen molar-refractivity contribution in [3.8, 4) is 0 Å². The number of hydrogen-bond donors (Lipinski definition) is 0. The number of aryl methyl sites for hydroxylation is 2. The molecular formula is C17H16FNO2S. The maximum absolute atomic E-state index is 13.7. The van der Waals surface area contributed by atoms with E-state index < -0.39 is 0 Å². The number of halogens is 1. The average molecular weight is 317 g/mol. The number of anilines is 1. The predicted molar refractivity (Wildman–Crippen MR) is 84.9 cm³/mol. The fourth-order valence-corrected chi connectivity index (χ4v) is 3.67. The topological polar surface area (TPSA) is 37.4 Å². The molecule has 3 rings (SSSR count). The number of carbonyl (C=O) groups excluding carboxylic acids is 2. The molecule has 114 valence electrons. The monoisotopic (exact) mass is 317 g/mol. The van der Waals surface area contributed by atoms with Gasteiger partial charge >= 0.3 is 0 Å². The summed E-state index contributed by atoms with van der Waals surface area (Å²) in [5.41, 5.74) is 2.91. The Bertz CT molecular complexity index is 766. The quantitative estimate of drug-likeness (QED) is 0.839. The van der Waals surface area contributed by atoms with Crippen molar-refractivity contribution in [1.82, 2.24) is 0 Å². The molecule has 1 aromatic carbocycles. The highest BCUT2D eigenvalue weighted by atomic mass is 32.1. The van der Waals surface area contributed by atoms with Gasteiger partial charge in [0, 0.05) is 12.8 Å². The summed E-state index contributed by atoms with van der Waals surface area (Å²) in [4.78, 5) is 26.8. The lowest BCUT2D eigenvalue weighted by Crippen LogP contribution is -2.29. The molecule has 0 unspecified atom stereocenters. The number of Topliss-reactive ketones (excluding diaryl/α,β-unsaturated/α-hetero) is 1. The number of carbonyl (C=O) groups is 2. The summed E-state index contributed by atoms with van der Waals surface area (Å²) in [5, 5.41) is 1.89. The van der Waals surface area contributed by atoms with E-state index in [2.05, 4.69) is 0 Å². The Hall–Kier alpha value is -2.01. The minimum atomic E-state index is -0.280. The lowest BCUT2D eigenvalue weighted by Gasteiger charge is -2.22. The van der Waals surface area contributed by atoms with E-state index in [-0.39, 0.29) is 36.9 Å². The number of rotatable bonds is 2. The number of hydrogen-bond acceptors (Lipinski definition) is 3. The molecule has 1 amide bonds. The van der Waals surface area contributed by atoms with Crippen LogP contribution in [-0.4, -0.2) is 11.7 Å². The van der Waals surface area contributed by atoms with Crippen LogP contribution in [0.5, 0.6) is 0 Å². The Balaban J connectivity index is 2.02. The van der Waals surface area contributed by atoms with Gasteiger partial charge in [0.25, 0.3) is 0 Å². The van der Waals surface area contributed by atoms with E-state index in [0.717, 1.165) is 11.1 Å². The van der Waals surface area contributed by atoms with Gasteiger partial charge in [0.15, 0.2) is 5.78 Å². The molecule has 2 heterocycles. The normalized spacial score (nSPS) is 15.0. The molecule has 1 aromatic heterocycles. The molecule has 0 saturated carbocycles. The molecule has 0 bridgehead atoms. The summed E-state index contributed by atoms with van der Waals surface area (Å²) in [6, 6.07) is 4.98. The van der Waals surface area contributed by atoms with Gasteiger partial charge in [-0.3, -0.25) is 9.59 Å². The fraction of sp³-hybridized carbons (Fsp3) is 0.294. The molecule has 0 spiro atoms. The van der Waals surface area contributed by atoms with E-state index in [1.54, 1.807) is 17.9 Å². The Morgan fingerprint density at radius 2 is 1.95 bits per heavy atom. The van der Waals surface area contributed by atoms with E-state index >= 15 is 0 Å². The van der Waals surface area contributed by atoms with Crippen LogP contribution in [-0.2, 0) is 11.3 Å². The minimum Gasteiger partial charge on any atom is -0.306 e. The third-order valence-electron chi connectivity index (χ3n) is 3.91. The van der Waals surface area contributed by atoms with Crippen LogP contribution in [0.15, 0.2) is 23.6 Å². The van der Waals surface area contributed by atoms with Crippen molar-refractivity contribution < 1.29 is 14.0 Å². The predicted octanol–water partition coefficient (Wildman–Crippen LogP) is 4.01. The second-order valence-corrected chi connectivity index (χ2v) is 6.46. The zero-order valence-electron chi connectivity index (χ0n) is 12.5. The number of amides is 1. The summed E-state index contributed by atoms with van der Waals surface area (Å²) >= 11 is 1.38. The molecule has 1 aliphatic heterocycles. The van der Waals surface area contributed by atoms with E-state index in [9.17, 15) is 14.0 Å². The molecule has 0 aliphatic carbocycles. The van der Waals surface area contributed by atoms with Crippen molar-refractivity contribution >= 4 is 28.7 Å². The fourth-order valence-electron chi connectivity index (χ4n) is 2.65. The first-order chi connectivity index (χ1) is 10.5. The number of benzene rings is 1. The highest BCUT2D eigenvalue weighted by molar-refractivity contribution is 7.13. The van der Waals surface area contributed by atoms with Crippen LogP contribution in [0, 0.1) is 19.7 Å². The van der Waals surface area contributed by atoms with Gasteiger partial charge in [-0.2, -0.15) is 0 Å². The molecule has 2 aromatic rings. The van der Waals surface area contributed by atoms with Gasteiger partial charge < -0.3 is 4.90 Å². The minimum absolute atomic E-state index is 0.0130. The third kappa shape index (κ3) is 2.57. The molecule has 3 nitrogen and oxygen atoms in total. The van der Waals surface area contributed by atoms with E-state index in [1.165, 1.54) is 17.4 Å². The summed E-state index contributed by atoms with van der Waals surface area (Å²) in [5.74, 6) is -0.355. The van der Waals surface area contributed by atoms with Gasteiger partial charge in [-0.05, 0) is 42.0 Å². The first kappa shape index (κ1) is 14.9. The van der Waals surface area contributed by atoms with Gasteiger partial charge in [-0.15, -0.1) is 11.3 Å². The smallest absolute Gasteiger partial charge is 0.227 e. The maximum atomic E-state index is 13.7. The van der Waals surface area contributed by atoms with Gasteiger partial charge in [0.2, 0.25) is 5.91 Å². The van der Waals surface area contributed by atoms with E-state index in [1.807, 2.05) is 18.4 Å². The molecule has 22 heavy (non-hydrogen) atoms. The largest absolute Gasteiger partial charge is 0.306 e. The molecule has 1 aliphatic rings. The molecule has 0 saturated heterocycles. The maximum Gasteiger partial charge on any atom is 0.227 e. The first-order valence-corrected chi connectivity index (χ1v) is 8.02. The van der Waals surface area contributed by atoms with E-state index in [0.29, 0.717) is 16.1 Å². The van der Waals surface area contributed by atoms with Gasteiger partial charge in [0.1, 0.15) is 5.82 Å². The molecule has 5 heteroatoms. The van der Waals surface area contributed by atoms with Crippen LogP contribution in [0.25, 0.3) is 0 Å². The van der Waals surface area contributed by atoms with Crippen molar-refractivity contribution in [2.75, 3.05) is 4.90 Å². The zero-order valence-corrected chi connectivity index (χ0v) is 13.3. The lowest BCUT2D eigenvalue weighted by atomic mass is 10.1. The number of thiophene rings is 1. The molecule has 0 radical (unpaired) electrons. The highest BCUT2D eigenvalue weighted by Crippen LogP contribution is 2.36. The molecule has 0 atom stereocenters. The zero-order chi connectivity index (χ0) is 15.9. The van der Waals surface area contributed by atoms with Crippen molar-refractivity contribution in [3.63, 3.8) is 0 Å². The molecule has 0 fully saturated rings. The Kier molecular flexibility index (Phi) is 3.83. The van der Waals surface area contributed by atoms with Gasteiger partial charge in [0.05, 0.1) is 17.1 Å². The van der Waals surface area contributed by atoms with Crippen LogP contribution in [0.4, 0.5) is 10.1 Å². The molecule has 0 N–H and O–H groups in total. The number of nitrogens with zero attached hydrogens (tertiary/aromatic N) is 1. The van der Waals surface area contributed by atoms with Crippen LogP contribution in [0.1, 0.15) is 39.2 Å². The third-order valence-corrected chi connectivity index (χ3v) is 5.04. The first-order valence-electron chi connectivity index (χ1n) is 7.14. The Morgan fingerprint density at radius 3 is 2.68 bits per heavy atom. The number of fused-ring (bicyclic) bond motifs is 1. The van der Waals surface area contributed by atoms with Gasteiger partial charge in [-0.25, -0.2) is 4.39 Å². The lowest BCUT2D eigenvalue weighted by molar-refractivity contribution is -0.118. The second-order valence-electron chi connectivity index (χ2n) is 5.58. The van der Waals surface area contributed by atoms with Crippen LogP contribution >= 0.6 is 11.3 Å². The SMILES string of the molecule is Cc1ccc(CN2C(=O)CCC(=O)c3scc(C)c32)cc1F. The van der Waals surface area contributed by atoms with Crippen molar-refractivity contribution in [1.29, 1.82) is 0 Å². The summed E-state index contributed by atoms with van der Waals surface area (Å²) in [6.07, 6.45) is 0.443. The van der Waals surface area contributed by atoms with Crippen molar-refractivity contribution in [3.05, 3.63) is 51.0 Å². The second kappa shape index (κ2) is 5.65.